The average molecular weight is 231 g/mol. The molecule has 0 fully saturated rings. The number of fused-ring (bicyclic) bond motifs is 1. The van der Waals surface area contributed by atoms with Gasteiger partial charge in [0.15, 0.2) is 11.2 Å². The second kappa shape index (κ2) is 4.21. The van der Waals surface area contributed by atoms with Crippen molar-refractivity contribution < 1.29 is 9.53 Å². The third-order valence-corrected chi connectivity index (χ3v) is 2.18. The van der Waals surface area contributed by atoms with Gasteiger partial charge in [-0.15, -0.1) is 0 Å². The van der Waals surface area contributed by atoms with Crippen LogP contribution >= 0.6 is 0 Å². The fourth-order valence-electron chi connectivity index (χ4n) is 1.48. The smallest absolute Gasteiger partial charge is 0.308 e. The number of ether oxygens (including phenoxy) is 1. The monoisotopic (exact) mass is 231 g/mol. The molecule has 0 saturated heterocycles. The minimum absolute atomic E-state index is 0.293. The van der Waals surface area contributed by atoms with Gasteiger partial charge in [-0.3, -0.25) is 14.4 Å². The van der Waals surface area contributed by atoms with Crippen LogP contribution < -0.4 is 15.7 Å². The molecule has 0 aliphatic rings. The van der Waals surface area contributed by atoms with Gasteiger partial charge >= 0.3 is 5.97 Å². The van der Waals surface area contributed by atoms with Crippen LogP contribution in [0, 0.1) is 0 Å². The number of rotatable bonds is 1. The Morgan fingerprint density at radius 1 is 1.24 bits per heavy atom. The maximum absolute atomic E-state index is 11.8. The molecule has 5 nitrogen and oxygen atoms in total. The summed E-state index contributed by atoms with van der Waals surface area (Å²) in [5, 5.41) is 0.364. The molecular formula is C12H9NO4. The topological polar surface area (TPSA) is 76.2 Å². The quantitative estimate of drug-likeness (QED) is 0.737. The molecule has 0 aliphatic carbocycles. The van der Waals surface area contributed by atoms with Crippen molar-refractivity contribution in [3.63, 3.8) is 0 Å². The molecule has 0 spiro atoms. The fraction of sp³-hybridized carbons (Fsp3) is 0.0833. The first-order chi connectivity index (χ1) is 8.08. The number of carbonyl (C=O) groups is 1. The Bertz CT molecular complexity index is 703. The predicted octanol–water partition coefficient (Wildman–Crippen LogP) is 0.814. The van der Waals surface area contributed by atoms with Gasteiger partial charge in [-0.2, -0.15) is 0 Å². The van der Waals surface area contributed by atoms with Gasteiger partial charge in [0.1, 0.15) is 0 Å². The summed E-state index contributed by atoms with van der Waals surface area (Å²) < 4.78 is 4.67. The van der Waals surface area contributed by atoms with Crippen LogP contribution in [0.4, 0.5) is 0 Å². The lowest BCUT2D eigenvalue weighted by atomic mass is 10.2. The van der Waals surface area contributed by atoms with Gasteiger partial charge in [0.25, 0.3) is 5.56 Å². The summed E-state index contributed by atoms with van der Waals surface area (Å²) in [7, 11) is 0. The standard InChI is InChI=1S/C12H9NO4/c1-7(14)17-11-6-10(15)8-4-2-3-5-9(8)13-12(11)16/h2-6H,1H3,(H,13,16). The lowest BCUT2D eigenvalue weighted by Crippen LogP contribution is -2.12. The zero-order chi connectivity index (χ0) is 12.4. The zero-order valence-electron chi connectivity index (χ0n) is 9.02. The first-order valence-corrected chi connectivity index (χ1v) is 4.93. The van der Waals surface area contributed by atoms with E-state index in [1.165, 1.54) is 0 Å². The van der Waals surface area contributed by atoms with Crippen LogP contribution in [0.15, 0.2) is 39.9 Å². The van der Waals surface area contributed by atoms with Crippen molar-refractivity contribution in [3.8, 4) is 5.75 Å². The number of esters is 1. The Morgan fingerprint density at radius 3 is 2.65 bits per heavy atom. The molecule has 17 heavy (non-hydrogen) atoms. The number of nitrogens with one attached hydrogen (secondary N) is 1. The number of carbonyl (C=O) groups excluding carboxylic acids is 1. The van der Waals surface area contributed by atoms with E-state index in [0.717, 1.165) is 13.0 Å². The van der Waals surface area contributed by atoms with E-state index in [4.69, 9.17) is 0 Å². The molecule has 1 N–H and O–H groups in total. The van der Waals surface area contributed by atoms with Crippen molar-refractivity contribution in [1.29, 1.82) is 0 Å². The summed E-state index contributed by atoms with van der Waals surface area (Å²) in [6, 6.07) is 7.60. The summed E-state index contributed by atoms with van der Waals surface area (Å²) >= 11 is 0. The highest BCUT2D eigenvalue weighted by molar-refractivity contribution is 5.78. The molecule has 0 unspecified atom stereocenters. The van der Waals surface area contributed by atoms with E-state index in [2.05, 4.69) is 9.72 Å². The number of hydrogen-bond acceptors (Lipinski definition) is 4. The molecule has 2 rings (SSSR count). The largest absolute Gasteiger partial charge is 0.421 e. The second-order valence-electron chi connectivity index (χ2n) is 3.47. The van der Waals surface area contributed by atoms with Gasteiger partial charge in [0, 0.05) is 18.4 Å². The highest BCUT2D eigenvalue weighted by atomic mass is 16.5. The lowest BCUT2D eigenvalue weighted by molar-refractivity contribution is -0.131. The number of benzene rings is 1. The average Bonchev–Trinajstić information content (AvgIpc) is 2.38. The summed E-state index contributed by atoms with van der Waals surface area (Å²) in [5.74, 6) is -0.941. The first kappa shape index (κ1) is 11.1. The van der Waals surface area contributed by atoms with Gasteiger partial charge in [0.05, 0.1) is 5.52 Å². The van der Waals surface area contributed by atoms with Crippen LogP contribution in [0.2, 0.25) is 0 Å². The van der Waals surface area contributed by atoms with Gasteiger partial charge in [0.2, 0.25) is 0 Å². The van der Waals surface area contributed by atoms with E-state index in [1.54, 1.807) is 24.3 Å². The Kier molecular flexibility index (Phi) is 2.74. The number of para-hydroxylation sites is 1. The predicted molar refractivity (Wildman–Crippen MR) is 62.1 cm³/mol. The summed E-state index contributed by atoms with van der Waals surface area (Å²) in [4.78, 5) is 36.7. The fourth-order valence-corrected chi connectivity index (χ4v) is 1.48. The molecule has 0 amide bonds. The van der Waals surface area contributed by atoms with Crippen LogP contribution in [-0.4, -0.2) is 11.0 Å². The molecule has 86 valence electrons. The van der Waals surface area contributed by atoms with Crippen LogP contribution in [0.25, 0.3) is 10.9 Å². The second-order valence-corrected chi connectivity index (χ2v) is 3.47. The molecule has 1 aromatic carbocycles. The van der Waals surface area contributed by atoms with Gasteiger partial charge in [-0.25, -0.2) is 0 Å². The van der Waals surface area contributed by atoms with Crippen LogP contribution in [0.3, 0.4) is 0 Å². The van der Waals surface area contributed by atoms with Crippen molar-refractivity contribution in [2.45, 2.75) is 6.92 Å². The molecule has 0 aliphatic heterocycles. The van der Waals surface area contributed by atoms with Crippen LogP contribution in [-0.2, 0) is 4.79 Å². The van der Waals surface area contributed by atoms with Crippen molar-refractivity contribution >= 4 is 16.9 Å². The number of aromatic nitrogens is 1. The van der Waals surface area contributed by atoms with E-state index < -0.39 is 11.5 Å². The van der Waals surface area contributed by atoms with Gasteiger partial charge < -0.3 is 9.72 Å². The lowest BCUT2D eigenvalue weighted by Gasteiger charge is -1.93. The molecule has 0 saturated carbocycles. The molecule has 0 radical (unpaired) electrons. The third kappa shape index (κ3) is 2.23. The highest BCUT2D eigenvalue weighted by Gasteiger charge is 2.06. The highest BCUT2D eigenvalue weighted by Crippen LogP contribution is 2.06. The van der Waals surface area contributed by atoms with Gasteiger partial charge in [-0.1, -0.05) is 12.1 Å². The molecule has 5 heteroatoms. The first-order valence-electron chi connectivity index (χ1n) is 4.93. The Morgan fingerprint density at radius 2 is 1.94 bits per heavy atom. The summed E-state index contributed by atoms with van der Waals surface area (Å²) in [6.07, 6.45) is 0. The van der Waals surface area contributed by atoms with E-state index in [0.29, 0.717) is 10.9 Å². The minimum Gasteiger partial charge on any atom is -0.421 e. The molecule has 0 bridgehead atoms. The molecule has 1 heterocycles. The maximum Gasteiger partial charge on any atom is 0.308 e. The van der Waals surface area contributed by atoms with E-state index >= 15 is 0 Å². The SMILES string of the molecule is CC(=O)Oc1cc(=O)c2ccccc2[nH]c1=O. The van der Waals surface area contributed by atoms with Crippen molar-refractivity contribution in [2.24, 2.45) is 0 Å². The van der Waals surface area contributed by atoms with E-state index in [-0.39, 0.29) is 11.2 Å². The summed E-state index contributed by atoms with van der Waals surface area (Å²) in [6.45, 7) is 1.16. The van der Waals surface area contributed by atoms with Crippen LogP contribution in [0.5, 0.6) is 5.75 Å². The zero-order valence-corrected chi connectivity index (χ0v) is 9.02. The summed E-state index contributed by atoms with van der Waals surface area (Å²) in [5.41, 5.74) is -0.588. The van der Waals surface area contributed by atoms with Gasteiger partial charge in [-0.05, 0) is 12.1 Å². The van der Waals surface area contributed by atoms with E-state index in [1.807, 2.05) is 0 Å². The Labute approximate surface area is 95.7 Å². The number of hydrogen-bond donors (Lipinski definition) is 1. The Hall–Kier alpha value is -2.43. The molecule has 0 atom stereocenters. The van der Waals surface area contributed by atoms with Crippen molar-refractivity contribution in [1.82, 2.24) is 4.98 Å². The number of aromatic amines is 1. The molecular weight excluding hydrogens is 222 g/mol. The van der Waals surface area contributed by atoms with Crippen molar-refractivity contribution in [2.75, 3.05) is 0 Å². The van der Waals surface area contributed by atoms with Crippen molar-refractivity contribution in [3.05, 3.63) is 50.9 Å². The molecule has 2 aromatic rings. The van der Waals surface area contributed by atoms with Crippen LogP contribution in [0.1, 0.15) is 6.92 Å². The third-order valence-electron chi connectivity index (χ3n) is 2.18. The Balaban J connectivity index is 2.84. The molecule has 1 aromatic heterocycles. The normalized spacial score (nSPS) is 10.2. The maximum atomic E-state index is 11.8. The number of H-pyrrole nitrogens is 1. The minimum atomic E-state index is -0.648. The van der Waals surface area contributed by atoms with E-state index in [9.17, 15) is 14.4 Å².